The molecular formula is C24H33N3O4S. The van der Waals surface area contributed by atoms with E-state index in [1.54, 1.807) is 11.8 Å². The van der Waals surface area contributed by atoms with Crippen molar-refractivity contribution in [2.75, 3.05) is 18.5 Å². The van der Waals surface area contributed by atoms with E-state index in [1.807, 2.05) is 37.3 Å². The first-order chi connectivity index (χ1) is 15.3. The molecule has 3 N–H and O–H groups in total. The molecule has 32 heavy (non-hydrogen) atoms. The number of hydrogen-bond acceptors (Lipinski definition) is 5. The van der Waals surface area contributed by atoms with E-state index in [0.717, 1.165) is 19.3 Å². The molecule has 1 aromatic carbocycles. The Morgan fingerprint density at radius 3 is 2.66 bits per heavy atom. The van der Waals surface area contributed by atoms with Crippen LogP contribution in [0.3, 0.4) is 0 Å². The molecule has 8 heteroatoms. The number of amides is 3. The summed E-state index contributed by atoms with van der Waals surface area (Å²) < 4.78 is -0.647. The number of fused-ring (bicyclic) bond motifs is 1. The molecule has 3 aliphatic rings. The smallest absolute Gasteiger partial charge is 0.244 e. The summed E-state index contributed by atoms with van der Waals surface area (Å²) >= 11 is 1.65. The monoisotopic (exact) mass is 459 g/mol. The Balaban J connectivity index is 1.66. The van der Waals surface area contributed by atoms with Crippen molar-refractivity contribution in [2.24, 2.45) is 17.8 Å². The summed E-state index contributed by atoms with van der Waals surface area (Å²) in [5.74, 6) is -1.44. The summed E-state index contributed by atoms with van der Waals surface area (Å²) in [7, 11) is 0. The van der Waals surface area contributed by atoms with Gasteiger partial charge in [0.1, 0.15) is 6.04 Å². The van der Waals surface area contributed by atoms with Crippen LogP contribution in [0.1, 0.15) is 40.0 Å². The van der Waals surface area contributed by atoms with E-state index in [4.69, 9.17) is 0 Å². The minimum atomic E-state index is -0.675. The molecule has 3 aliphatic heterocycles. The lowest BCUT2D eigenvalue weighted by atomic mass is 9.65. The highest BCUT2D eigenvalue weighted by molar-refractivity contribution is 8.02. The average Bonchev–Trinajstić information content (AvgIpc) is 3.33. The van der Waals surface area contributed by atoms with E-state index in [-0.39, 0.29) is 48.1 Å². The minimum Gasteiger partial charge on any atom is -0.395 e. The Bertz CT molecular complexity index is 881. The molecule has 0 aliphatic carbocycles. The number of anilines is 1. The molecule has 0 aromatic heterocycles. The Hall–Kier alpha value is -2.06. The number of β-amino-alcohol motifs (C(OH)–C–C–N with tert-alkyl or cyclic N) is 1. The number of benzene rings is 1. The number of carbonyl (C=O) groups is 3. The Morgan fingerprint density at radius 2 is 2.00 bits per heavy atom. The molecule has 4 unspecified atom stereocenters. The van der Waals surface area contributed by atoms with Crippen LogP contribution in [-0.2, 0) is 14.4 Å². The molecule has 7 atom stereocenters. The van der Waals surface area contributed by atoms with E-state index in [0.29, 0.717) is 5.69 Å². The highest BCUT2D eigenvalue weighted by Gasteiger charge is 2.75. The molecule has 4 rings (SSSR count). The van der Waals surface area contributed by atoms with Gasteiger partial charge in [-0.05, 0) is 37.8 Å². The van der Waals surface area contributed by atoms with Gasteiger partial charge in [-0.2, -0.15) is 0 Å². The number of para-hydroxylation sites is 1. The summed E-state index contributed by atoms with van der Waals surface area (Å²) in [6.45, 7) is 6.02. The molecule has 1 aromatic rings. The topological polar surface area (TPSA) is 98.7 Å². The molecule has 2 bridgehead atoms. The van der Waals surface area contributed by atoms with Crippen LogP contribution in [0.4, 0.5) is 5.69 Å². The normalized spacial score (nSPS) is 33.8. The van der Waals surface area contributed by atoms with Crippen LogP contribution < -0.4 is 10.6 Å². The predicted molar refractivity (Wildman–Crippen MR) is 125 cm³/mol. The van der Waals surface area contributed by atoms with Crippen LogP contribution in [0.2, 0.25) is 0 Å². The molecule has 3 amide bonds. The van der Waals surface area contributed by atoms with Gasteiger partial charge in [-0.3, -0.25) is 14.4 Å². The summed E-state index contributed by atoms with van der Waals surface area (Å²) in [6, 6.07) is 8.59. The minimum absolute atomic E-state index is 0.00213. The number of nitrogens with zero attached hydrogens (tertiary/aromatic N) is 1. The lowest BCUT2D eigenvalue weighted by molar-refractivity contribution is -0.139. The number of aliphatic hydroxyl groups excluding tert-OH is 1. The highest BCUT2D eigenvalue weighted by atomic mass is 32.2. The number of aliphatic hydroxyl groups is 1. The first kappa shape index (κ1) is 23.1. The molecule has 174 valence electrons. The van der Waals surface area contributed by atoms with Crippen molar-refractivity contribution in [1.29, 1.82) is 0 Å². The van der Waals surface area contributed by atoms with Crippen molar-refractivity contribution >= 4 is 35.2 Å². The van der Waals surface area contributed by atoms with E-state index >= 15 is 0 Å². The Labute approximate surface area is 193 Å². The van der Waals surface area contributed by atoms with Crippen molar-refractivity contribution in [3.63, 3.8) is 0 Å². The quantitative estimate of drug-likeness (QED) is 0.554. The summed E-state index contributed by atoms with van der Waals surface area (Å²) in [4.78, 5) is 42.0. The Morgan fingerprint density at radius 1 is 1.28 bits per heavy atom. The number of hydrogen-bond donors (Lipinski definition) is 3. The fourth-order valence-electron chi connectivity index (χ4n) is 6.04. The van der Waals surface area contributed by atoms with Gasteiger partial charge in [-0.1, -0.05) is 38.5 Å². The van der Waals surface area contributed by atoms with Crippen LogP contribution in [0.15, 0.2) is 30.3 Å². The fraction of sp³-hybridized carbons (Fsp3) is 0.625. The van der Waals surface area contributed by atoms with Gasteiger partial charge < -0.3 is 20.6 Å². The summed E-state index contributed by atoms with van der Waals surface area (Å²) in [6.07, 6.45) is 2.60. The number of rotatable bonds is 8. The van der Waals surface area contributed by atoms with Gasteiger partial charge in [0.2, 0.25) is 17.7 Å². The van der Waals surface area contributed by atoms with Crippen molar-refractivity contribution in [2.45, 2.75) is 62.1 Å². The molecule has 0 saturated carbocycles. The van der Waals surface area contributed by atoms with Crippen molar-refractivity contribution < 1.29 is 19.5 Å². The van der Waals surface area contributed by atoms with Gasteiger partial charge in [0.25, 0.3) is 0 Å². The summed E-state index contributed by atoms with van der Waals surface area (Å²) in [5.41, 5.74) is 0.702. The van der Waals surface area contributed by atoms with E-state index in [1.165, 1.54) is 4.90 Å². The van der Waals surface area contributed by atoms with Crippen LogP contribution in [0, 0.1) is 17.8 Å². The Kier molecular flexibility index (Phi) is 6.54. The zero-order valence-electron chi connectivity index (χ0n) is 18.9. The molecule has 3 heterocycles. The van der Waals surface area contributed by atoms with Crippen LogP contribution in [0.5, 0.6) is 0 Å². The molecule has 1 spiro atoms. The molecule has 3 saturated heterocycles. The standard InChI is InChI=1S/C24H33N3O4S/c1-4-8-15(3)25-22(30)20-24-14(2)13-17(32-24)18(19(24)23(31)27(20)11-12-28)21(29)26-16-9-6-5-7-10-16/h5-7,9-10,14-15,17-20,28H,4,8,11-13H2,1-3H3,(H,25,30)(H,26,29)/t14?,15?,17-,18+,19-,20?,24?/m0/s1. The predicted octanol–water partition coefficient (Wildman–Crippen LogP) is 2.26. The lowest BCUT2D eigenvalue weighted by Crippen LogP contribution is -2.57. The number of carbonyl (C=O) groups excluding carboxylic acids is 3. The van der Waals surface area contributed by atoms with Crippen LogP contribution in [-0.4, -0.2) is 63.0 Å². The maximum Gasteiger partial charge on any atom is 0.244 e. The third-order valence-corrected chi connectivity index (χ3v) is 9.37. The van der Waals surface area contributed by atoms with Crippen molar-refractivity contribution in [3.8, 4) is 0 Å². The fourth-order valence-corrected chi connectivity index (χ4v) is 8.46. The highest BCUT2D eigenvalue weighted by Crippen LogP contribution is 2.68. The largest absolute Gasteiger partial charge is 0.395 e. The van der Waals surface area contributed by atoms with Crippen molar-refractivity contribution in [1.82, 2.24) is 10.2 Å². The molecular weight excluding hydrogens is 426 g/mol. The van der Waals surface area contributed by atoms with Gasteiger partial charge in [-0.15, -0.1) is 11.8 Å². The van der Waals surface area contributed by atoms with Gasteiger partial charge in [0, 0.05) is 23.5 Å². The third kappa shape index (κ3) is 3.61. The van der Waals surface area contributed by atoms with Gasteiger partial charge >= 0.3 is 0 Å². The van der Waals surface area contributed by atoms with E-state index in [9.17, 15) is 19.5 Å². The van der Waals surface area contributed by atoms with Gasteiger partial charge in [0.05, 0.1) is 23.2 Å². The number of thioether (sulfide) groups is 1. The zero-order valence-corrected chi connectivity index (χ0v) is 19.7. The molecule has 7 nitrogen and oxygen atoms in total. The second-order valence-corrected chi connectivity index (χ2v) is 10.9. The van der Waals surface area contributed by atoms with Crippen LogP contribution >= 0.6 is 11.8 Å². The SMILES string of the molecule is CCCC(C)NC(=O)C1N(CCO)C(=O)[C@@H]2[C@H](C(=O)Nc3ccccc3)[C@@H]3CC(C)C12S3. The lowest BCUT2D eigenvalue weighted by Gasteiger charge is -2.39. The maximum absolute atomic E-state index is 13.6. The van der Waals surface area contributed by atoms with Crippen molar-refractivity contribution in [3.05, 3.63) is 30.3 Å². The molecule has 3 fully saturated rings. The molecule has 0 radical (unpaired) electrons. The van der Waals surface area contributed by atoms with Crippen LogP contribution in [0.25, 0.3) is 0 Å². The van der Waals surface area contributed by atoms with E-state index in [2.05, 4.69) is 24.5 Å². The van der Waals surface area contributed by atoms with E-state index < -0.39 is 22.6 Å². The van der Waals surface area contributed by atoms with Gasteiger partial charge in [-0.25, -0.2) is 0 Å². The second kappa shape index (κ2) is 9.06. The van der Waals surface area contributed by atoms with Gasteiger partial charge in [0.15, 0.2) is 0 Å². The zero-order chi connectivity index (χ0) is 23.0. The maximum atomic E-state index is 13.6. The first-order valence-corrected chi connectivity index (χ1v) is 12.5. The number of nitrogens with one attached hydrogen (secondary N) is 2. The second-order valence-electron chi connectivity index (χ2n) is 9.36. The third-order valence-electron chi connectivity index (χ3n) is 7.29. The first-order valence-electron chi connectivity index (χ1n) is 11.6. The average molecular weight is 460 g/mol. The number of likely N-dealkylation sites (tertiary alicyclic amines) is 1. The summed E-state index contributed by atoms with van der Waals surface area (Å²) in [5, 5.41) is 15.7.